The molecule has 26 heavy (non-hydrogen) atoms. The number of aryl methyl sites for hydroxylation is 2. The first-order valence-corrected chi connectivity index (χ1v) is 8.50. The molecule has 0 fully saturated rings. The Kier molecular flexibility index (Phi) is 5.03. The van der Waals surface area contributed by atoms with Gasteiger partial charge in [-0.2, -0.15) is 5.10 Å². The summed E-state index contributed by atoms with van der Waals surface area (Å²) in [4.78, 5) is 29.6. The van der Waals surface area contributed by atoms with Crippen molar-refractivity contribution in [3.63, 3.8) is 0 Å². The summed E-state index contributed by atoms with van der Waals surface area (Å²) in [6, 6.07) is 1.88. The Morgan fingerprint density at radius 1 is 1.31 bits per heavy atom. The third kappa shape index (κ3) is 3.20. The van der Waals surface area contributed by atoms with Crippen LogP contribution in [0.2, 0.25) is 0 Å². The van der Waals surface area contributed by atoms with Gasteiger partial charge in [-0.15, -0.1) is 0 Å². The quantitative estimate of drug-likeness (QED) is 0.472. The van der Waals surface area contributed by atoms with Gasteiger partial charge in [0.05, 0.1) is 12.7 Å². The molecule has 0 saturated heterocycles. The molecule has 138 valence electrons. The van der Waals surface area contributed by atoms with Crippen LogP contribution in [0.25, 0.3) is 11.0 Å². The number of rotatable bonds is 7. The van der Waals surface area contributed by atoms with E-state index < -0.39 is 0 Å². The van der Waals surface area contributed by atoms with E-state index in [4.69, 9.17) is 4.74 Å². The van der Waals surface area contributed by atoms with Crippen LogP contribution in [0.5, 0.6) is 0 Å². The van der Waals surface area contributed by atoms with Gasteiger partial charge in [-0.3, -0.25) is 18.8 Å². The summed E-state index contributed by atoms with van der Waals surface area (Å²) in [7, 11) is 3.40. The molecule has 3 aromatic rings. The van der Waals surface area contributed by atoms with E-state index in [2.05, 4.69) is 14.6 Å². The van der Waals surface area contributed by atoms with Gasteiger partial charge < -0.3 is 9.30 Å². The molecule has 0 aliphatic carbocycles. The Labute approximate surface area is 151 Å². The van der Waals surface area contributed by atoms with E-state index in [-0.39, 0.29) is 17.9 Å². The first-order valence-electron chi connectivity index (χ1n) is 8.50. The molecular weight excluding hydrogens is 334 g/mol. The van der Waals surface area contributed by atoms with Crippen LogP contribution in [0.1, 0.15) is 28.2 Å². The van der Waals surface area contributed by atoms with Crippen LogP contribution in [-0.4, -0.2) is 43.4 Å². The monoisotopic (exact) mass is 357 g/mol. The lowest BCUT2D eigenvalue weighted by atomic mass is 10.1. The minimum Gasteiger partial charge on any atom is -0.385 e. The second-order valence-electron chi connectivity index (χ2n) is 6.39. The Morgan fingerprint density at radius 3 is 2.81 bits per heavy atom. The zero-order chi connectivity index (χ0) is 18.8. The first-order chi connectivity index (χ1) is 12.4. The number of ketones is 1. The predicted molar refractivity (Wildman–Crippen MR) is 97.5 cm³/mol. The lowest BCUT2D eigenvalue weighted by Gasteiger charge is -2.09. The highest BCUT2D eigenvalue weighted by atomic mass is 16.5. The fraction of sp³-hybridized carbons (Fsp3) is 0.444. The van der Waals surface area contributed by atoms with Gasteiger partial charge in [-0.1, -0.05) is 0 Å². The van der Waals surface area contributed by atoms with E-state index in [0.717, 1.165) is 24.4 Å². The third-order valence-electron chi connectivity index (χ3n) is 4.64. The number of carbonyl (C=O) groups is 1. The summed E-state index contributed by atoms with van der Waals surface area (Å²) >= 11 is 0. The van der Waals surface area contributed by atoms with Crippen molar-refractivity contribution in [2.45, 2.75) is 33.4 Å². The van der Waals surface area contributed by atoms with Crippen molar-refractivity contribution in [1.29, 1.82) is 0 Å². The standard InChI is InChI=1S/C18H23N5O3/c1-12-8-14(13(2)23(12)6-5-7-26-4)16(24)10-22-11-19-17-15(18(22)25)9-20-21(17)3/h8-9,11H,5-7,10H2,1-4H3. The summed E-state index contributed by atoms with van der Waals surface area (Å²) in [6.07, 6.45) is 3.76. The number of hydrogen-bond acceptors (Lipinski definition) is 5. The lowest BCUT2D eigenvalue weighted by molar-refractivity contribution is 0.0970. The summed E-state index contributed by atoms with van der Waals surface area (Å²) in [5.41, 5.74) is 2.82. The smallest absolute Gasteiger partial charge is 0.264 e. The van der Waals surface area contributed by atoms with Crippen LogP contribution in [0.3, 0.4) is 0 Å². The van der Waals surface area contributed by atoms with Crippen LogP contribution >= 0.6 is 0 Å². The molecular formula is C18H23N5O3. The number of methoxy groups -OCH3 is 1. The predicted octanol–water partition coefficient (Wildman–Crippen LogP) is 1.47. The van der Waals surface area contributed by atoms with Crippen LogP contribution in [-0.2, 0) is 24.9 Å². The zero-order valence-corrected chi connectivity index (χ0v) is 15.5. The van der Waals surface area contributed by atoms with E-state index in [1.165, 1.54) is 21.8 Å². The van der Waals surface area contributed by atoms with Gasteiger partial charge in [0.2, 0.25) is 0 Å². The average Bonchev–Trinajstić information content (AvgIpc) is 3.12. The molecule has 0 N–H and O–H groups in total. The van der Waals surface area contributed by atoms with Crippen LogP contribution in [0.15, 0.2) is 23.4 Å². The number of fused-ring (bicyclic) bond motifs is 1. The zero-order valence-electron chi connectivity index (χ0n) is 15.5. The SMILES string of the molecule is COCCCn1c(C)cc(C(=O)Cn2cnc3c(cnn3C)c2=O)c1C. The highest BCUT2D eigenvalue weighted by Gasteiger charge is 2.17. The number of carbonyl (C=O) groups excluding carboxylic acids is 1. The summed E-state index contributed by atoms with van der Waals surface area (Å²) < 4.78 is 10.1. The summed E-state index contributed by atoms with van der Waals surface area (Å²) in [5.74, 6) is -0.108. The second-order valence-corrected chi connectivity index (χ2v) is 6.39. The molecule has 0 atom stereocenters. The maximum Gasteiger partial charge on any atom is 0.264 e. The van der Waals surface area contributed by atoms with Crippen LogP contribution in [0, 0.1) is 13.8 Å². The lowest BCUT2D eigenvalue weighted by Crippen LogP contribution is -2.24. The molecule has 0 spiro atoms. The van der Waals surface area contributed by atoms with Gasteiger partial charge in [0.15, 0.2) is 11.4 Å². The molecule has 0 aliphatic heterocycles. The molecule has 0 aliphatic rings. The highest BCUT2D eigenvalue weighted by Crippen LogP contribution is 2.17. The molecule has 8 heteroatoms. The van der Waals surface area contributed by atoms with Gasteiger partial charge in [-0.25, -0.2) is 4.98 Å². The Hall–Kier alpha value is -2.74. The molecule has 0 amide bonds. The van der Waals surface area contributed by atoms with Gasteiger partial charge in [-0.05, 0) is 26.3 Å². The maximum absolute atomic E-state index is 12.8. The summed E-state index contributed by atoms with van der Waals surface area (Å²) in [6.45, 7) is 5.33. The number of nitrogens with zero attached hydrogens (tertiary/aromatic N) is 5. The number of hydrogen-bond donors (Lipinski definition) is 0. The molecule has 3 aromatic heterocycles. The fourth-order valence-corrected chi connectivity index (χ4v) is 3.21. The molecule has 0 unspecified atom stereocenters. The number of ether oxygens (including phenoxy) is 1. The number of aromatic nitrogens is 5. The summed E-state index contributed by atoms with van der Waals surface area (Å²) in [5, 5.41) is 4.45. The first kappa shape index (κ1) is 18.1. The van der Waals surface area contributed by atoms with Gasteiger partial charge >= 0.3 is 0 Å². The van der Waals surface area contributed by atoms with Gasteiger partial charge in [0, 0.05) is 44.3 Å². The molecule has 0 saturated carbocycles. The van der Waals surface area contributed by atoms with Gasteiger partial charge in [0.25, 0.3) is 5.56 Å². The average molecular weight is 357 g/mol. The van der Waals surface area contributed by atoms with E-state index in [1.807, 2.05) is 19.9 Å². The fourth-order valence-electron chi connectivity index (χ4n) is 3.21. The second kappa shape index (κ2) is 7.25. The highest BCUT2D eigenvalue weighted by molar-refractivity contribution is 5.97. The largest absolute Gasteiger partial charge is 0.385 e. The van der Waals surface area contributed by atoms with E-state index >= 15 is 0 Å². The third-order valence-corrected chi connectivity index (χ3v) is 4.64. The van der Waals surface area contributed by atoms with Crippen LogP contribution in [0.4, 0.5) is 0 Å². The van der Waals surface area contributed by atoms with E-state index in [1.54, 1.807) is 14.2 Å². The minimum absolute atomic E-state index is 0.0426. The van der Waals surface area contributed by atoms with Crippen molar-refractivity contribution in [2.24, 2.45) is 7.05 Å². The maximum atomic E-state index is 12.8. The molecule has 0 radical (unpaired) electrons. The molecule has 3 heterocycles. The minimum atomic E-state index is -0.259. The van der Waals surface area contributed by atoms with Crippen molar-refractivity contribution in [3.8, 4) is 0 Å². The van der Waals surface area contributed by atoms with Crippen molar-refractivity contribution in [1.82, 2.24) is 23.9 Å². The topological polar surface area (TPSA) is 83.9 Å². The van der Waals surface area contributed by atoms with Gasteiger partial charge in [0.1, 0.15) is 11.7 Å². The molecule has 8 nitrogen and oxygen atoms in total. The van der Waals surface area contributed by atoms with Crippen molar-refractivity contribution in [2.75, 3.05) is 13.7 Å². The van der Waals surface area contributed by atoms with Crippen molar-refractivity contribution < 1.29 is 9.53 Å². The number of Topliss-reactive ketones (excluding diaryl/α,β-unsaturated/α-hetero) is 1. The molecule has 0 aromatic carbocycles. The Bertz CT molecular complexity index is 1010. The normalized spacial score (nSPS) is 11.4. The van der Waals surface area contributed by atoms with Crippen molar-refractivity contribution >= 4 is 16.8 Å². The van der Waals surface area contributed by atoms with E-state index in [9.17, 15) is 9.59 Å². The van der Waals surface area contributed by atoms with Crippen LogP contribution < -0.4 is 5.56 Å². The molecule has 3 rings (SSSR count). The van der Waals surface area contributed by atoms with Crippen molar-refractivity contribution in [3.05, 3.63) is 45.9 Å². The Morgan fingerprint density at radius 2 is 2.08 bits per heavy atom. The van der Waals surface area contributed by atoms with E-state index in [0.29, 0.717) is 23.2 Å². The molecule has 0 bridgehead atoms. The Balaban J connectivity index is 1.86.